The van der Waals surface area contributed by atoms with Crippen LogP contribution in [0, 0.1) is 0 Å². The van der Waals surface area contributed by atoms with Gasteiger partial charge in [-0.05, 0) is 40.7 Å². The van der Waals surface area contributed by atoms with Crippen LogP contribution in [-0.2, 0) is 9.59 Å². The molecule has 0 spiro atoms. The zero-order chi connectivity index (χ0) is 13.3. The molecule has 98 valence electrons. The maximum atomic E-state index is 11.7. The summed E-state index contributed by atoms with van der Waals surface area (Å²) in [6, 6.07) is 0. The van der Waals surface area contributed by atoms with Crippen LogP contribution >= 0.6 is 0 Å². The number of piperidine rings is 1. The summed E-state index contributed by atoms with van der Waals surface area (Å²) >= 11 is 0. The molecule has 0 aliphatic carbocycles. The van der Waals surface area contributed by atoms with Crippen LogP contribution in [0.1, 0.15) is 53.4 Å². The van der Waals surface area contributed by atoms with Gasteiger partial charge in [-0.3, -0.25) is 14.5 Å². The molecule has 1 saturated heterocycles. The van der Waals surface area contributed by atoms with Gasteiger partial charge < -0.3 is 5.11 Å². The summed E-state index contributed by atoms with van der Waals surface area (Å²) < 4.78 is 0. The van der Waals surface area contributed by atoms with Crippen molar-refractivity contribution in [3.05, 3.63) is 0 Å². The molecule has 1 heterocycles. The lowest BCUT2D eigenvalue weighted by atomic mass is 9.79. The summed E-state index contributed by atoms with van der Waals surface area (Å²) in [7, 11) is 0. The molecule has 1 aliphatic heterocycles. The van der Waals surface area contributed by atoms with Crippen molar-refractivity contribution in [1.82, 2.24) is 4.90 Å². The van der Waals surface area contributed by atoms with Gasteiger partial charge >= 0.3 is 5.97 Å². The first-order valence-corrected chi connectivity index (χ1v) is 6.16. The van der Waals surface area contributed by atoms with Crippen LogP contribution in [0.25, 0.3) is 0 Å². The van der Waals surface area contributed by atoms with Crippen molar-refractivity contribution in [2.45, 2.75) is 64.5 Å². The highest BCUT2D eigenvalue weighted by atomic mass is 16.4. The van der Waals surface area contributed by atoms with E-state index in [0.717, 1.165) is 6.54 Å². The van der Waals surface area contributed by atoms with Crippen LogP contribution in [0.3, 0.4) is 0 Å². The third-order valence-corrected chi connectivity index (χ3v) is 3.49. The highest BCUT2D eigenvalue weighted by Crippen LogP contribution is 2.36. The fourth-order valence-corrected chi connectivity index (χ4v) is 3.03. The van der Waals surface area contributed by atoms with Gasteiger partial charge in [0.2, 0.25) is 0 Å². The van der Waals surface area contributed by atoms with Crippen LogP contribution in [0.2, 0.25) is 0 Å². The maximum absolute atomic E-state index is 11.7. The Balaban J connectivity index is 2.71. The minimum absolute atomic E-state index is 0.169. The molecule has 0 aromatic heterocycles. The SMILES string of the molecule is CC1(C)CC(=O)CC(C)(C)N1CCCC(=O)O. The summed E-state index contributed by atoms with van der Waals surface area (Å²) in [6.07, 6.45) is 1.94. The van der Waals surface area contributed by atoms with E-state index in [1.807, 2.05) is 0 Å². The average molecular weight is 241 g/mol. The van der Waals surface area contributed by atoms with E-state index in [4.69, 9.17) is 5.11 Å². The summed E-state index contributed by atoms with van der Waals surface area (Å²) in [5.41, 5.74) is -0.339. The number of Topliss-reactive ketones (excluding diaryl/α,β-unsaturated/α-hetero) is 1. The molecule has 1 rings (SSSR count). The van der Waals surface area contributed by atoms with Crippen LogP contribution in [0.5, 0.6) is 0 Å². The van der Waals surface area contributed by atoms with E-state index >= 15 is 0 Å². The summed E-state index contributed by atoms with van der Waals surface area (Å²) in [6.45, 7) is 8.98. The molecule has 0 radical (unpaired) electrons. The molecule has 0 atom stereocenters. The Morgan fingerprint density at radius 3 is 2.12 bits per heavy atom. The quantitative estimate of drug-likeness (QED) is 0.818. The van der Waals surface area contributed by atoms with Gasteiger partial charge in [0, 0.05) is 30.3 Å². The fraction of sp³-hybridized carbons (Fsp3) is 0.846. The Bertz CT molecular complexity index is 301. The van der Waals surface area contributed by atoms with Crippen molar-refractivity contribution >= 4 is 11.8 Å². The fourth-order valence-electron chi connectivity index (χ4n) is 3.03. The number of hydrogen-bond donors (Lipinski definition) is 1. The molecule has 4 nitrogen and oxygen atoms in total. The number of carbonyl (C=O) groups is 2. The number of carboxylic acids is 1. The molecule has 0 amide bonds. The molecule has 0 aromatic rings. The number of hydrogen-bond acceptors (Lipinski definition) is 3. The number of carboxylic acid groups (broad SMARTS) is 1. The molecule has 1 N–H and O–H groups in total. The Kier molecular flexibility index (Phi) is 3.97. The lowest BCUT2D eigenvalue weighted by molar-refractivity contribution is -0.139. The van der Waals surface area contributed by atoms with Crippen molar-refractivity contribution in [2.75, 3.05) is 6.54 Å². The first-order chi connectivity index (χ1) is 7.65. The maximum Gasteiger partial charge on any atom is 0.303 e. The van der Waals surface area contributed by atoms with Crippen molar-refractivity contribution in [3.63, 3.8) is 0 Å². The molecule has 0 unspecified atom stereocenters. The van der Waals surface area contributed by atoms with Gasteiger partial charge in [-0.2, -0.15) is 0 Å². The third-order valence-electron chi connectivity index (χ3n) is 3.49. The van der Waals surface area contributed by atoms with E-state index in [0.29, 0.717) is 25.0 Å². The lowest BCUT2D eigenvalue weighted by Crippen LogP contribution is -2.61. The number of aliphatic carboxylic acids is 1. The van der Waals surface area contributed by atoms with Crippen molar-refractivity contribution < 1.29 is 14.7 Å². The molecule has 1 fully saturated rings. The predicted octanol–water partition coefficient (Wildman–Crippen LogP) is 2.07. The van der Waals surface area contributed by atoms with E-state index in [1.54, 1.807) is 0 Å². The summed E-state index contributed by atoms with van der Waals surface area (Å²) in [5, 5.41) is 8.67. The topological polar surface area (TPSA) is 57.6 Å². The Morgan fingerprint density at radius 1 is 1.24 bits per heavy atom. The van der Waals surface area contributed by atoms with Crippen molar-refractivity contribution in [2.24, 2.45) is 0 Å². The van der Waals surface area contributed by atoms with Crippen LogP contribution < -0.4 is 0 Å². The highest BCUT2D eigenvalue weighted by molar-refractivity contribution is 5.81. The van der Waals surface area contributed by atoms with E-state index in [2.05, 4.69) is 32.6 Å². The first-order valence-electron chi connectivity index (χ1n) is 6.16. The molecule has 0 bridgehead atoms. The van der Waals surface area contributed by atoms with Crippen LogP contribution in [0.4, 0.5) is 0 Å². The minimum Gasteiger partial charge on any atom is -0.481 e. The first kappa shape index (κ1) is 14.2. The number of carbonyl (C=O) groups excluding carboxylic acids is 1. The molecule has 17 heavy (non-hydrogen) atoms. The number of likely N-dealkylation sites (tertiary alicyclic amines) is 1. The third kappa shape index (κ3) is 3.53. The van der Waals surface area contributed by atoms with E-state index in [9.17, 15) is 9.59 Å². The van der Waals surface area contributed by atoms with Crippen molar-refractivity contribution in [1.29, 1.82) is 0 Å². The second kappa shape index (κ2) is 4.77. The van der Waals surface area contributed by atoms with Gasteiger partial charge in [0.25, 0.3) is 0 Å². The Hall–Kier alpha value is -0.900. The second-order valence-corrected chi connectivity index (χ2v) is 6.17. The number of nitrogens with zero attached hydrogens (tertiary/aromatic N) is 1. The lowest BCUT2D eigenvalue weighted by Gasteiger charge is -2.52. The molecular formula is C13H23NO3. The largest absolute Gasteiger partial charge is 0.481 e. The van der Waals surface area contributed by atoms with E-state index < -0.39 is 5.97 Å². The standard InChI is InChI=1S/C13H23NO3/c1-12(2)8-10(15)9-13(3,4)14(12)7-5-6-11(16)17/h5-9H2,1-4H3,(H,16,17). The number of ketones is 1. The van der Waals surface area contributed by atoms with Crippen molar-refractivity contribution in [3.8, 4) is 0 Å². The Morgan fingerprint density at radius 2 is 1.71 bits per heavy atom. The molecular weight excluding hydrogens is 218 g/mol. The highest BCUT2D eigenvalue weighted by Gasteiger charge is 2.44. The van der Waals surface area contributed by atoms with Crippen LogP contribution in [0.15, 0.2) is 0 Å². The predicted molar refractivity (Wildman–Crippen MR) is 66.0 cm³/mol. The second-order valence-electron chi connectivity index (χ2n) is 6.17. The molecule has 0 saturated carbocycles. The smallest absolute Gasteiger partial charge is 0.303 e. The molecule has 1 aliphatic rings. The van der Waals surface area contributed by atoms with Crippen LogP contribution in [-0.4, -0.2) is 39.4 Å². The Labute approximate surface area is 103 Å². The zero-order valence-corrected chi connectivity index (χ0v) is 11.2. The van der Waals surface area contributed by atoms with Gasteiger partial charge in [-0.1, -0.05) is 0 Å². The summed E-state index contributed by atoms with van der Waals surface area (Å²) in [4.78, 5) is 24.5. The monoisotopic (exact) mass is 241 g/mol. The molecule has 0 aromatic carbocycles. The van der Waals surface area contributed by atoms with Gasteiger partial charge in [0.15, 0.2) is 0 Å². The average Bonchev–Trinajstić information content (AvgIpc) is 2.06. The molecule has 4 heteroatoms. The van der Waals surface area contributed by atoms with E-state index in [1.165, 1.54) is 0 Å². The van der Waals surface area contributed by atoms with Gasteiger partial charge in [0.05, 0.1) is 0 Å². The number of rotatable bonds is 4. The van der Waals surface area contributed by atoms with Gasteiger partial charge in [0.1, 0.15) is 5.78 Å². The normalized spacial score (nSPS) is 23.6. The summed E-state index contributed by atoms with van der Waals surface area (Å²) in [5.74, 6) is -0.455. The zero-order valence-electron chi connectivity index (χ0n) is 11.2. The minimum atomic E-state index is -0.756. The van der Waals surface area contributed by atoms with E-state index in [-0.39, 0.29) is 17.5 Å². The van der Waals surface area contributed by atoms with Gasteiger partial charge in [-0.15, -0.1) is 0 Å². The van der Waals surface area contributed by atoms with Gasteiger partial charge in [-0.25, -0.2) is 0 Å².